The predicted molar refractivity (Wildman–Crippen MR) is 85.7 cm³/mol. The van der Waals surface area contributed by atoms with Crippen LogP contribution in [0.3, 0.4) is 0 Å². The molecular weight excluding hydrogens is 318 g/mol. The Hall–Kier alpha value is -2.13. The van der Waals surface area contributed by atoms with Gasteiger partial charge in [-0.3, -0.25) is 4.79 Å². The Morgan fingerprint density at radius 1 is 1.35 bits per heavy atom. The fourth-order valence-corrected chi connectivity index (χ4v) is 2.78. The predicted octanol–water partition coefficient (Wildman–Crippen LogP) is 1.34. The van der Waals surface area contributed by atoms with Gasteiger partial charge in [0.05, 0.1) is 19.0 Å². The van der Waals surface area contributed by atoms with E-state index in [1.165, 1.54) is 18.1 Å². The van der Waals surface area contributed by atoms with Crippen molar-refractivity contribution in [2.45, 2.75) is 11.9 Å². The summed E-state index contributed by atoms with van der Waals surface area (Å²) in [6.45, 7) is 4.80. The molecule has 1 amide bonds. The van der Waals surface area contributed by atoms with Gasteiger partial charge in [-0.1, -0.05) is 16.9 Å². The van der Waals surface area contributed by atoms with Crippen molar-refractivity contribution in [1.29, 1.82) is 0 Å². The number of nitrogens with zero attached hydrogens (tertiary/aromatic N) is 4. The SMILES string of the molecule is Cc1cc(NC(=O)CSc2cc(N3CCOCC3)ncn2)no1. The molecule has 8 nitrogen and oxygen atoms in total. The maximum absolute atomic E-state index is 11.9. The molecule has 2 aromatic rings. The molecule has 3 heterocycles. The van der Waals surface area contributed by atoms with E-state index in [1.54, 1.807) is 13.0 Å². The number of aryl methyl sites for hydroxylation is 1. The first-order chi connectivity index (χ1) is 11.2. The van der Waals surface area contributed by atoms with Crippen molar-refractivity contribution in [2.24, 2.45) is 0 Å². The van der Waals surface area contributed by atoms with E-state index >= 15 is 0 Å². The van der Waals surface area contributed by atoms with Crippen LogP contribution >= 0.6 is 11.8 Å². The first kappa shape index (κ1) is 15.8. The van der Waals surface area contributed by atoms with Gasteiger partial charge in [-0.05, 0) is 6.92 Å². The Labute approximate surface area is 137 Å². The number of ether oxygens (including phenoxy) is 1. The highest BCUT2D eigenvalue weighted by molar-refractivity contribution is 7.99. The highest BCUT2D eigenvalue weighted by Gasteiger charge is 2.14. The zero-order valence-corrected chi connectivity index (χ0v) is 13.5. The van der Waals surface area contributed by atoms with Crippen molar-refractivity contribution in [3.63, 3.8) is 0 Å². The molecule has 0 saturated carbocycles. The van der Waals surface area contributed by atoms with Gasteiger partial charge in [0.25, 0.3) is 0 Å². The molecule has 122 valence electrons. The van der Waals surface area contributed by atoms with Crippen LogP contribution in [0.4, 0.5) is 11.6 Å². The fraction of sp³-hybridized carbons (Fsp3) is 0.429. The number of carbonyl (C=O) groups excluding carboxylic acids is 1. The molecule has 0 bridgehead atoms. The van der Waals surface area contributed by atoms with Crippen LogP contribution in [-0.2, 0) is 9.53 Å². The van der Waals surface area contributed by atoms with E-state index in [2.05, 4.69) is 25.3 Å². The van der Waals surface area contributed by atoms with Gasteiger partial charge in [-0.2, -0.15) is 0 Å². The summed E-state index contributed by atoms with van der Waals surface area (Å²) in [5.74, 6) is 2.02. The summed E-state index contributed by atoms with van der Waals surface area (Å²) < 4.78 is 10.2. The zero-order valence-electron chi connectivity index (χ0n) is 12.7. The number of anilines is 2. The molecule has 0 unspecified atom stereocenters. The molecule has 0 aromatic carbocycles. The number of carbonyl (C=O) groups is 1. The summed E-state index contributed by atoms with van der Waals surface area (Å²) in [4.78, 5) is 22.5. The Balaban J connectivity index is 1.54. The summed E-state index contributed by atoms with van der Waals surface area (Å²) in [6, 6.07) is 3.56. The standard InChI is InChI=1S/C14H17N5O3S/c1-10-6-11(18-22-10)17-13(20)8-23-14-7-12(15-9-16-14)19-2-4-21-5-3-19/h6-7,9H,2-5,8H2,1H3,(H,17,18,20). The van der Waals surface area contributed by atoms with Crippen molar-refractivity contribution in [2.75, 3.05) is 42.3 Å². The first-order valence-corrected chi connectivity index (χ1v) is 8.20. The van der Waals surface area contributed by atoms with Gasteiger partial charge in [-0.15, -0.1) is 0 Å². The molecule has 0 atom stereocenters. The van der Waals surface area contributed by atoms with E-state index in [0.29, 0.717) is 24.8 Å². The van der Waals surface area contributed by atoms with Crippen molar-refractivity contribution < 1.29 is 14.1 Å². The minimum atomic E-state index is -0.158. The molecule has 9 heteroatoms. The van der Waals surface area contributed by atoms with Gasteiger partial charge in [0.1, 0.15) is 22.9 Å². The van der Waals surface area contributed by atoms with E-state index in [1.807, 2.05) is 6.07 Å². The quantitative estimate of drug-likeness (QED) is 0.646. The molecule has 1 N–H and O–H groups in total. The number of aromatic nitrogens is 3. The van der Waals surface area contributed by atoms with E-state index < -0.39 is 0 Å². The minimum Gasteiger partial charge on any atom is -0.378 e. The van der Waals surface area contributed by atoms with Crippen LogP contribution in [0, 0.1) is 6.92 Å². The number of thioether (sulfide) groups is 1. The summed E-state index contributed by atoms with van der Waals surface area (Å²) in [6.07, 6.45) is 1.52. The molecule has 2 aromatic heterocycles. The average molecular weight is 335 g/mol. The van der Waals surface area contributed by atoms with Gasteiger partial charge < -0.3 is 19.5 Å². The Kier molecular flexibility index (Phi) is 5.09. The lowest BCUT2D eigenvalue weighted by Crippen LogP contribution is -2.36. The first-order valence-electron chi connectivity index (χ1n) is 7.21. The Morgan fingerprint density at radius 2 is 2.17 bits per heavy atom. The molecular formula is C14H17N5O3S. The lowest BCUT2D eigenvalue weighted by atomic mass is 10.4. The lowest BCUT2D eigenvalue weighted by molar-refractivity contribution is -0.113. The van der Waals surface area contributed by atoms with Gasteiger partial charge in [0, 0.05) is 25.2 Å². The third-order valence-corrected chi connectivity index (χ3v) is 4.13. The van der Waals surface area contributed by atoms with Crippen LogP contribution < -0.4 is 10.2 Å². The van der Waals surface area contributed by atoms with Crippen LogP contribution in [0.5, 0.6) is 0 Å². The maximum Gasteiger partial charge on any atom is 0.236 e. The van der Waals surface area contributed by atoms with Crippen molar-refractivity contribution in [3.05, 3.63) is 24.2 Å². The third kappa shape index (κ3) is 4.42. The molecule has 1 saturated heterocycles. The van der Waals surface area contributed by atoms with Crippen LogP contribution in [0.1, 0.15) is 5.76 Å². The summed E-state index contributed by atoms with van der Waals surface area (Å²) >= 11 is 1.35. The van der Waals surface area contributed by atoms with Crippen LogP contribution in [0.2, 0.25) is 0 Å². The lowest BCUT2D eigenvalue weighted by Gasteiger charge is -2.27. The number of rotatable bonds is 5. The van der Waals surface area contributed by atoms with E-state index in [-0.39, 0.29) is 11.7 Å². The normalized spacial score (nSPS) is 14.7. The van der Waals surface area contributed by atoms with Gasteiger partial charge in [0.15, 0.2) is 5.82 Å². The highest BCUT2D eigenvalue weighted by atomic mass is 32.2. The Bertz CT molecular complexity index is 672. The molecule has 23 heavy (non-hydrogen) atoms. The number of nitrogens with one attached hydrogen (secondary N) is 1. The van der Waals surface area contributed by atoms with Crippen molar-refractivity contribution in [1.82, 2.24) is 15.1 Å². The van der Waals surface area contributed by atoms with Crippen LogP contribution in [0.25, 0.3) is 0 Å². The molecule has 0 aliphatic carbocycles. The summed E-state index contributed by atoms with van der Waals surface area (Å²) in [5.41, 5.74) is 0. The summed E-state index contributed by atoms with van der Waals surface area (Å²) in [7, 11) is 0. The molecule has 1 aliphatic rings. The molecule has 0 radical (unpaired) electrons. The van der Waals surface area contributed by atoms with Crippen molar-refractivity contribution >= 4 is 29.3 Å². The molecule has 0 spiro atoms. The summed E-state index contributed by atoms with van der Waals surface area (Å²) in [5, 5.41) is 7.16. The monoisotopic (exact) mass is 335 g/mol. The van der Waals surface area contributed by atoms with Crippen LogP contribution in [0.15, 0.2) is 28.0 Å². The van der Waals surface area contributed by atoms with Crippen molar-refractivity contribution in [3.8, 4) is 0 Å². The molecule has 1 fully saturated rings. The van der Waals surface area contributed by atoms with E-state index in [9.17, 15) is 4.79 Å². The highest BCUT2D eigenvalue weighted by Crippen LogP contribution is 2.20. The third-order valence-electron chi connectivity index (χ3n) is 3.21. The molecule has 3 rings (SSSR count). The molecule has 1 aliphatic heterocycles. The largest absolute Gasteiger partial charge is 0.378 e. The topological polar surface area (TPSA) is 93.4 Å². The van der Waals surface area contributed by atoms with Gasteiger partial charge in [0.2, 0.25) is 5.91 Å². The zero-order chi connectivity index (χ0) is 16.1. The number of amides is 1. The minimum absolute atomic E-state index is 0.158. The Morgan fingerprint density at radius 3 is 2.91 bits per heavy atom. The average Bonchev–Trinajstić information content (AvgIpc) is 2.99. The second kappa shape index (κ2) is 7.42. The second-order valence-electron chi connectivity index (χ2n) is 4.97. The van der Waals surface area contributed by atoms with Crippen LogP contribution in [-0.4, -0.2) is 53.1 Å². The maximum atomic E-state index is 11.9. The number of morpholine rings is 1. The fourth-order valence-electron chi connectivity index (χ4n) is 2.12. The second-order valence-corrected chi connectivity index (χ2v) is 5.97. The van der Waals surface area contributed by atoms with Gasteiger partial charge >= 0.3 is 0 Å². The number of hydrogen-bond acceptors (Lipinski definition) is 8. The van der Waals surface area contributed by atoms with Gasteiger partial charge in [-0.25, -0.2) is 9.97 Å². The number of hydrogen-bond donors (Lipinski definition) is 1. The smallest absolute Gasteiger partial charge is 0.236 e. The van der Waals surface area contributed by atoms with E-state index in [4.69, 9.17) is 9.26 Å². The van der Waals surface area contributed by atoms with E-state index in [0.717, 1.165) is 23.9 Å².